The standard InChI is InChI=1S/C23H23N3O4S/c1-13-7-14(2)10-26(9-13)11-15-12-29-19-8-16(3-4-17(15)19)30-23-25-21-20(31-23)18(22(27)28)5-6-24-21/h3-6,8,12-14H,7,9-11H2,1-2H3,(H,27,28). The number of likely N-dealkylation sites (tertiary alicyclic amines) is 1. The van der Waals surface area contributed by atoms with Gasteiger partial charge in [-0.05, 0) is 36.5 Å². The zero-order valence-electron chi connectivity index (χ0n) is 17.4. The van der Waals surface area contributed by atoms with Crippen molar-refractivity contribution in [1.82, 2.24) is 14.9 Å². The van der Waals surface area contributed by atoms with Crippen molar-refractivity contribution >= 4 is 38.6 Å². The Morgan fingerprint density at radius 2 is 2.10 bits per heavy atom. The number of aromatic carboxylic acids is 1. The van der Waals surface area contributed by atoms with Crippen LogP contribution in [-0.4, -0.2) is 39.0 Å². The van der Waals surface area contributed by atoms with Gasteiger partial charge in [-0.1, -0.05) is 25.2 Å². The second-order valence-corrected chi connectivity index (χ2v) is 9.42. The minimum absolute atomic E-state index is 0.171. The van der Waals surface area contributed by atoms with Crippen molar-refractivity contribution in [3.63, 3.8) is 0 Å². The topological polar surface area (TPSA) is 88.7 Å². The fourth-order valence-electron chi connectivity index (χ4n) is 4.54. The molecule has 0 aliphatic carbocycles. The molecule has 0 amide bonds. The lowest BCUT2D eigenvalue weighted by atomic mass is 9.91. The zero-order chi connectivity index (χ0) is 21.5. The fraction of sp³-hybridized carbons (Fsp3) is 0.348. The van der Waals surface area contributed by atoms with Crippen LogP contribution in [0.3, 0.4) is 0 Å². The van der Waals surface area contributed by atoms with Crippen LogP contribution >= 0.6 is 11.3 Å². The molecule has 3 aromatic heterocycles. The molecule has 1 aromatic carbocycles. The summed E-state index contributed by atoms with van der Waals surface area (Å²) in [4.78, 5) is 22.4. The van der Waals surface area contributed by atoms with Crippen LogP contribution in [0.1, 0.15) is 36.2 Å². The van der Waals surface area contributed by atoms with Gasteiger partial charge in [-0.15, -0.1) is 0 Å². The van der Waals surface area contributed by atoms with E-state index in [-0.39, 0.29) is 5.56 Å². The summed E-state index contributed by atoms with van der Waals surface area (Å²) in [5.74, 6) is 1.01. The zero-order valence-corrected chi connectivity index (χ0v) is 18.2. The molecule has 160 valence electrons. The lowest BCUT2D eigenvalue weighted by Gasteiger charge is -2.34. The van der Waals surface area contributed by atoms with Crippen molar-refractivity contribution in [2.24, 2.45) is 11.8 Å². The number of carboxylic acids is 1. The number of ether oxygens (including phenoxy) is 1. The van der Waals surface area contributed by atoms with Gasteiger partial charge in [0, 0.05) is 42.8 Å². The second-order valence-electron chi connectivity index (χ2n) is 8.46. The predicted octanol–water partition coefficient (Wildman–Crippen LogP) is 5.41. The van der Waals surface area contributed by atoms with E-state index >= 15 is 0 Å². The Morgan fingerprint density at radius 3 is 2.87 bits per heavy atom. The molecule has 4 aromatic rings. The Labute approximate surface area is 183 Å². The number of hydrogen-bond donors (Lipinski definition) is 1. The number of benzene rings is 1. The van der Waals surface area contributed by atoms with Crippen molar-refractivity contribution in [1.29, 1.82) is 0 Å². The Morgan fingerprint density at radius 1 is 1.29 bits per heavy atom. The maximum Gasteiger partial charge on any atom is 0.337 e. The summed E-state index contributed by atoms with van der Waals surface area (Å²) >= 11 is 1.17. The minimum atomic E-state index is -1.01. The van der Waals surface area contributed by atoms with Gasteiger partial charge >= 0.3 is 5.97 Å². The van der Waals surface area contributed by atoms with Crippen molar-refractivity contribution in [3.05, 3.63) is 47.9 Å². The SMILES string of the molecule is CC1CC(C)CN(Cc2coc3cc(Oc4nc5nccc(C(=O)O)c5s4)ccc23)C1. The Bertz CT molecular complexity index is 1250. The summed E-state index contributed by atoms with van der Waals surface area (Å²) in [5, 5.41) is 10.8. The highest BCUT2D eigenvalue weighted by molar-refractivity contribution is 7.20. The number of thiazole rings is 1. The largest absolute Gasteiger partial charge is 0.478 e. The van der Waals surface area contributed by atoms with Gasteiger partial charge in [0.1, 0.15) is 11.3 Å². The lowest BCUT2D eigenvalue weighted by Crippen LogP contribution is -2.38. The van der Waals surface area contributed by atoms with Gasteiger partial charge in [0.25, 0.3) is 5.19 Å². The van der Waals surface area contributed by atoms with Crippen LogP contribution in [0.25, 0.3) is 21.3 Å². The van der Waals surface area contributed by atoms with Crippen LogP contribution in [0.2, 0.25) is 0 Å². The number of furan rings is 1. The number of fused-ring (bicyclic) bond motifs is 2. The highest BCUT2D eigenvalue weighted by Crippen LogP contribution is 2.34. The fourth-order valence-corrected chi connectivity index (χ4v) is 5.44. The first-order valence-corrected chi connectivity index (χ1v) is 11.2. The highest BCUT2D eigenvalue weighted by atomic mass is 32.1. The number of pyridine rings is 1. The molecule has 1 N–H and O–H groups in total. The number of piperidine rings is 1. The van der Waals surface area contributed by atoms with Gasteiger partial charge in [-0.25, -0.2) is 9.78 Å². The molecule has 2 unspecified atom stereocenters. The maximum atomic E-state index is 11.4. The molecule has 31 heavy (non-hydrogen) atoms. The van der Waals surface area contributed by atoms with Gasteiger partial charge in [0.2, 0.25) is 0 Å². The molecule has 7 nitrogen and oxygen atoms in total. The van der Waals surface area contributed by atoms with Crippen molar-refractivity contribution < 1.29 is 19.1 Å². The van der Waals surface area contributed by atoms with E-state index in [0.717, 1.165) is 30.6 Å². The Kier molecular flexibility index (Phi) is 5.11. The summed E-state index contributed by atoms with van der Waals surface area (Å²) in [6.45, 7) is 7.74. The van der Waals surface area contributed by atoms with Crippen LogP contribution < -0.4 is 4.74 Å². The number of aromatic nitrogens is 2. The van der Waals surface area contributed by atoms with Crippen molar-refractivity contribution in [3.8, 4) is 10.9 Å². The quantitative estimate of drug-likeness (QED) is 0.447. The summed E-state index contributed by atoms with van der Waals surface area (Å²) in [7, 11) is 0. The third-order valence-electron chi connectivity index (χ3n) is 5.67. The molecule has 1 aliphatic rings. The molecule has 4 heterocycles. The smallest absolute Gasteiger partial charge is 0.337 e. The van der Waals surface area contributed by atoms with E-state index in [1.165, 1.54) is 35.6 Å². The average Bonchev–Trinajstić information content (AvgIpc) is 3.30. The molecule has 0 bridgehead atoms. The number of nitrogens with zero attached hydrogens (tertiary/aromatic N) is 3. The van der Waals surface area contributed by atoms with Gasteiger partial charge in [-0.3, -0.25) is 4.90 Å². The molecule has 0 radical (unpaired) electrons. The molecule has 1 fully saturated rings. The first-order chi connectivity index (χ1) is 15.0. The number of carbonyl (C=O) groups is 1. The molecule has 1 saturated heterocycles. The monoisotopic (exact) mass is 437 g/mol. The van der Waals surface area contributed by atoms with E-state index in [9.17, 15) is 9.90 Å². The third-order valence-corrected chi connectivity index (χ3v) is 6.63. The second kappa shape index (κ2) is 7.94. The summed E-state index contributed by atoms with van der Waals surface area (Å²) in [6.07, 6.45) is 4.56. The van der Waals surface area contributed by atoms with E-state index in [4.69, 9.17) is 9.15 Å². The van der Waals surface area contributed by atoms with E-state index in [0.29, 0.717) is 33.1 Å². The molecule has 2 atom stereocenters. The minimum Gasteiger partial charge on any atom is -0.478 e. The summed E-state index contributed by atoms with van der Waals surface area (Å²) in [5.41, 5.74) is 2.48. The predicted molar refractivity (Wildman–Crippen MR) is 119 cm³/mol. The molecule has 1 aliphatic heterocycles. The molecule has 8 heteroatoms. The maximum absolute atomic E-state index is 11.4. The van der Waals surface area contributed by atoms with Crippen LogP contribution in [0.5, 0.6) is 10.9 Å². The molecular formula is C23H23N3O4S. The van der Waals surface area contributed by atoms with Crippen LogP contribution in [-0.2, 0) is 6.54 Å². The summed E-state index contributed by atoms with van der Waals surface area (Å²) < 4.78 is 12.2. The van der Waals surface area contributed by atoms with Gasteiger partial charge in [0.15, 0.2) is 5.65 Å². The Balaban J connectivity index is 1.37. The van der Waals surface area contributed by atoms with Gasteiger partial charge in [0.05, 0.1) is 16.5 Å². The molecule has 5 rings (SSSR count). The third kappa shape index (κ3) is 4.00. The van der Waals surface area contributed by atoms with E-state index in [2.05, 4.69) is 28.7 Å². The highest BCUT2D eigenvalue weighted by Gasteiger charge is 2.23. The average molecular weight is 438 g/mol. The van der Waals surface area contributed by atoms with Crippen molar-refractivity contribution in [2.45, 2.75) is 26.8 Å². The first-order valence-electron chi connectivity index (χ1n) is 10.4. The number of rotatable bonds is 5. The van der Waals surface area contributed by atoms with Crippen LogP contribution in [0.4, 0.5) is 0 Å². The van der Waals surface area contributed by atoms with E-state index < -0.39 is 5.97 Å². The van der Waals surface area contributed by atoms with Crippen LogP contribution in [0, 0.1) is 11.8 Å². The number of hydrogen-bond acceptors (Lipinski definition) is 7. The number of carboxylic acid groups (broad SMARTS) is 1. The molecular weight excluding hydrogens is 414 g/mol. The summed E-state index contributed by atoms with van der Waals surface area (Å²) in [6, 6.07) is 7.21. The van der Waals surface area contributed by atoms with Crippen LogP contribution in [0.15, 0.2) is 41.1 Å². The van der Waals surface area contributed by atoms with E-state index in [1.54, 1.807) is 0 Å². The molecule has 0 saturated carbocycles. The first kappa shape index (κ1) is 20.0. The van der Waals surface area contributed by atoms with Gasteiger partial charge in [-0.2, -0.15) is 4.98 Å². The molecule has 0 spiro atoms. The van der Waals surface area contributed by atoms with Gasteiger partial charge < -0.3 is 14.3 Å². The van der Waals surface area contributed by atoms with Crippen molar-refractivity contribution in [2.75, 3.05) is 13.1 Å². The van der Waals surface area contributed by atoms with E-state index in [1.807, 2.05) is 24.5 Å². The lowest BCUT2D eigenvalue weighted by molar-refractivity contribution is 0.0699. The normalized spacial score (nSPS) is 19.8. The Hall–Kier alpha value is -2.97.